The number of ether oxygens (including phenoxy) is 3. The molecule has 9 nitrogen and oxygen atoms in total. The Hall–Kier alpha value is -2.58. The van der Waals surface area contributed by atoms with Crippen LogP contribution in [0.3, 0.4) is 0 Å². The fourth-order valence-electron chi connectivity index (χ4n) is 1.71. The quantitative estimate of drug-likeness (QED) is 0.627. The fourth-order valence-corrected chi connectivity index (χ4v) is 1.71. The molecule has 0 aliphatic rings. The molecule has 0 aliphatic carbocycles. The molecule has 0 aromatic carbocycles. The number of aromatic amines is 1. The van der Waals surface area contributed by atoms with Crippen LogP contribution >= 0.6 is 0 Å². The smallest absolute Gasteiger partial charge is 0.408 e. The highest BCUT2D eigenvalue weighted by atomic mass is 16.6. The van der Waals surface area contributed by atoms with Crippen molar-refractivity contribution in [3.05, 3.63) is 17.7 Å². The summed E-state index contributed by atoms with van der Waals surface area (Å²) in [7, 11) is 1.17. The second-order valence-electron chi connectivity index (χ2n) is 7.28. The second-order valence-corrected chi connectivity index (χ2v) is 7.28. The molecule has 0 aliphatic heterocycles. The molecular formula is C16H25N3O6. The Morgan fingerprint density at radius 1 is 1.08 bits per heavy atom. The number of H-pyrrole nitrogens is 1. The molecule has 9 heteroatoms. The highest BCUT2D eigenvalue weighted by Gasteiger charge is 2.30. The highest BCUT2D eigenvalue weighted by Crippen LogP contribution is 2.16. The Balaban J connectivity index is 2.96. The van der Waals surface area contributed by atoms with Crippen LogP contribution in [0, 0.1) is 0 Å². The van der Waals surface area contributed by atoms with Crippen molar-refractivity contribution in [1.82, 2.24) is 15.3 Å². The molecule has 1 amide bonds. The van der Waals surface area contributed by atoms with Crippen LogP contribution in [0.1, 0.15) is 63.9 Å². The van der Waals surface area contributed by atoms with Crippen LogP contribution in [0.5, 0.6) is 0 Å². The van der Waals surface area contributed by atoms with Crippen LogP contribution in [0.25, 0.3) is 0 Å². The van der Waals surface area contributed by atoms with Gasteiger partial charge in [-0.3, -0.25) is 0 Å². The van der Waals surface area contributed by atoms with E-state index in [4.69, 9.17) is 9.47 Å². The zero-order valence-electron chi connectivity index (χ0n) is 15.6. The van der Waals surface area contributed by atoms with Gasteiger partial charge in [0, 0.05) is 6.20 Å². The molecule has 1 aromatic rings. The number of imidazole rings is 1. The molecule has 1 rings (SSSR count). The molecular weight excluding hydrogens is 330 g/mol. The van der Waals surface area contributed by atoms with Gasteiger partial charge in [0.05, 0.1) is 12.8 Å². The Kier molecular flexibility index (Phi) is 6.17. The minimum Gasteiger partial charge on any atom is -0.467 e. The number of carbonyl (C=O) groups is 3. The number of nitrogens with one attached hydrogen (secondary N) is 2. The van der Waals surface area contributed by atoms with Gasteiger partial charge in [-0.1, -0.05) is 0 Å². The van der Waals surface area contributed by atoms with E-state index in [-0.39, 0.29) is 11.5 Å². The van der Waals surface area contributed by atoms with E-state index in [9.17, 15) is 14.4 Å². The zero-order chi connectivity index (χ0) is 19.4. The predicted molar refractivity (Wildman–Crippen MR) is 87.9 cm³/mol. The molecule has 0 fully saturated rings. The highest BCUT2D eigenvalue weighted by molar-refractivity contribution is 5.86. The van der Waals surface area contributed by atoms with Crippen molar-refractivity contribution in [2.24, 2.45) is 0 Å². The van der Waals surface area contributed by atoms with Crippen LogP contribution in [-0.2, 0) is 19.0 Å². The summed E-state index contributed by atoms with van der Waals surface area (Å²) in [5, 5.41) is 2.37. The van der Waals surface area contributed by atoms with E-state index in [1.54, 1.807) is 41.5 Å². The number of rotatable bonds is 4. The molecule has 2 N–H and O–H groups in total. The molecule has 1 aromatic heterocycles. The first-order valence-corrected chi connectivity index (χ1v) is 7.68. The zero-order valence-corrected chi connectivity index (χ0v) is 15.6. The molecule has 140 valence electrons. The summed E-state index contributed by atoms with van der Waals surface area (Å²) in [6, 6.07) is -1.23. The standard InChI is InChI=1S/C16H25N3O6/c1-15(2,3)24-13(21)11-17-8-9(18-11)10(12(20)23-7)19-14(22)25-16(4,5)6/h8,10H,1-7H3,(H,17,18)(H,19,22). The lowest BCUT2D eigenvalue weighted by molar-refractivity contribution is -0.143. The molecule has 0 bridgehead atoms. The van der Waals surface area contributed by atoms with Crippen LogP contribution in [-0.4, -0.2) is 46.3 Å². The van der Waals surface area contributed by atoms with E-state index >= 15 is 0 Å². The van der Waals surface area contributed by atoms with Crippen molar-refractivity contribution in [3.8, 4) is 0 Å². The van der Waals surface area contributed by atoms with Gasteiger partial charge in [-0.15, -0.1) is 0 Å². The first kappa shape index (κ1) is 20.5. The maximum absolute atomic E-state index is 12.0. The topological polar surface area (TPSA) is 120 Å². The molecule has 1 atom stereocenters. The molecule has 0 saturated heterocycles. The van der Waals surface area contributed by atoms with Crippen molar-refractivity contribution in [1.29, 1.82) is 0 Å². The number of hydrogen-bond acceptors (Lipinski definition) is 7. The summed E-state index contributed by atoms with van der Waals surface area (Å²) in [5.41, 5.74) is -1.34. The van der Waals surface area contributed by atoms with Crippen molar-refractivity contribution >= 4 is 18.0 Å². The lowest BCUT2D eigenvalue weighted by Gasteiger charge is -2.22. The van der Waals surface area contributed by atoms with E-state index in [1.165, 1.54) is 13.3 Å². The number of alkyl carbamates (subject to hydrolysis) is 1. The number of aromatic nitrogens is 2. The summed E-state index contributed by atoms with van der Waals surface area (Å²) >= 11 is 0. The third-order valence-electron chi connectivity index (χ3n) is 2.58. The van der Waals surface area contributed by atoms with Crippen molar-refractivity contribution < 1.29 is 28.6 Å². The molecule has 25 heavy (non-hydrogen) atoms. The van der Waals surface area contributed by atoms with E-state index in [0.29, 0.717) is 0 Å². The summed E-state index contributed by atoms with van der Waals surface area (Å²) in [6.45, 7) is 10.2. The van der Waals surface area contributed by atoms with Gasteiger partial charge in [-0.05, 0) is 41.5 Å². The van der Waals surface area contributed by atoms with Crippen LogP contribution < -0.4 is 5.32 Å². The fraction of sp³-hybridized carbons (Fsp3) is 0.625. The predicted octanol–water partition coefficient (Wildman–Crippen LogP) is 2.10. The Morgan fingerprint density at radius 2 is 1.64 bits per heavy atom. The van der Waals surface area contributed by atoms with Crippen molar-refractivity contribution in [2.75, 3.05) is 7.11 Å². The van der Waals surface area contributed by atoms with Gasteiger partial charge in [0.25, 0.3) is 0 Å². The number of nitrogens with zero attached hydrogens (tertiary/aromatic N) is 1. The summed E-state index contributed by atoms with van der Waals surface area (Å²) in [6.07, 6.45) is 0.503. The van der Waals surface area contributed by atoms with Gasteiger partial charge >= 0.3 is 18.0 Å². The second kappa shape index (κ2) is 7.54. The van der Waals surface area contributed by atoms with Gasteiger partial charge in [-0.25, -0.2) is 19.4 Å². The molecule has 1 unspecified atom stereocenters. The number of esters is 2. The lowest BCUT2D eigenvalue weighted by Crippen LogP contribution is -2.38. The minimum absolute atomic E-state index is 0.0928. The van der Waals surface area contributed by atoms with Crippen LogP contribution in [0.2, 0.25) is 0 Å². The minimum atomic E-state index is -1.23. The van der Waals surface area contributed by atoms with Crippen LogP contribution in [0.15, 0.2) is 6.20 Å². The Labute approximate surface area is 146 Å². The Bertz CT molecular complexity index is 639. The average Bonchev–Trinajstić information content (AvgIpc) is 2.89. The first-order chi connectivity index (χ1) is 11.3. The summed E-state index contributed by atoms with van der Waals surface area (Å²) in [4.78, 5) is 42.5. The van der Waals surface area contributed by atoms with Gasteiger partial charge < -0.3 is 24.5 Å². The monoisotopic (exact) mass is 355 g/mol. The third-order valence-corrected chi connectivity index (χ3v) is 2.58. The number of carbonyl (C=O) groups excluding carboxylic acids is 3. The van der Waals surface area contributed by atoms with Crippen LogP contribution in [0.4, 0.5) is 4.79 Å². The normalized spacial score (nSPS) is 12.9. The summed E-state index contributed by atoms with van der Waals surface area (Å²) in [5.74, 6) is -1.53. The van der Waals surface area contributed by atoms with Gasteiger partial charge in [0.15, 0.2) is 6.04 Å². The largest absolute Gasteiger partial charge is 0.467 e. The average molecular weight is 355 g/mol. The van der Waals surface area contributed by atoms with Crippen molar-refractivity contribution in [3.63, 3.8) is 0 Å². The number of amides is 1. The lowest BCUT2D eigenvalue weighted by atomic mass is 10.2. The SMILES string of the molecule is COC(=O)C(NC(=O)OC(C)(C)C)c1c[nH]c(C(=O)OC(C)(C)C)n1. The van der Waals surface area contributed by atoms with Gasteiger partial charge in [0.1, 0.15) is 11.2 Å². The van der Waals surface area contributed by atoms with Gasteiger partial charge in [0.2, 0.25) is 5.82 Å². The number of hydrogen-bond donors (Lipinski definition) is 2. The van der Waals surface area contributed by atoms with E-state index in [0.717, 1.165) is 0 Å². The first-order valence-electron chi connectivity index (χ1n) is 7.68. The number of methoxy groups -OCH3 is 1. The molecule has 0 radical (unpaired) electrons. The molecule has 0 spiro atoms. The Morgan fingerprint density at radius 3 is 2.12 bits per heavy atom. The van der Waals surface area contributed by atoms with E-state index in [1.807, 2.05) is 0 Å². The van der Waals surface area contributed by atoms with E-state index < -0.39 is 35.3 Å². The maximum atomic E-state index is 12.0. The van der Waals surface area contributed by atoms with Gasteiger partial charge in [-0.2, -0.15) is 0 Å². The molecule has 1 heterocycles. The summed E-state index contributed by atoms with van der Waals surface area (Å²) < 4.78 is 15.0. The van der Waals surface area contributed by atoms with Crippen molar-refractivity contribution in [2.45, 2.75) is 58.8 Å². The third kappa shape index (κ3) is 6.82. The van der Waals surface area contributed by atoms with E-state index in [2.05, 4.69) is 20.0 Å². The molecule has 0 saturated carbocycles. The maximum Gasteiger partial charge on any atom is 0.408 e.